The Balaban J connectivity index is 1.48. The van der Waals surface area contributed by atoms with Crippen molar-refractivity contribution < 1.29 is 13.2 Å². The van der Waals surface area contributed by atoms with Crippen molar-refractivity contribution in [3.05, 3.63) is 173 Å². The molecule has 0 fully saturated rings. The monoisotopic (exact) mass is 643 g/mol. The number of halogens is 3. The molecule has 5 rings (SSSR count). The third-order valence-corrected chi connectivity index (χ3v) is 6.82. The van der Waals surface area contributed by atoms with Gasteiger partial charge in [0.1, 0.15) is 23.1 Å². The average Bonchev–Trinajstić information content (AvgIpc) is 3.10. The highest BCUT2D eigenvalue weighted by Gasteiger charge is 2.30. The Hall–Kier alpha value is -6.16. The molecule has 0 aromatic heterocycles. The van der Waals surface area contributed by atoms with Crippen LogP contribution in [0, 0.1) is 0 Å². The Labute approximate surface area is 277 Å². The largest absolute Gasteiger partial charge is 0.416 e. The molecule has 7 nitrogen and oxygen atoms in total. The van der Waals surface area contributed by atoms with E-state index in [1.165, 1.54) is 12.1 Å². The first kappa shape index (κ1) is 33.2. The van der Waals surface area contributed by atoms with Crippen molar-refractivity contribution in [3.8, 4) is 0 Å². The number of hydrogen-bond acceptors (Lipinski definition) is 5. The Morgan fingerprint density at radius 3 is 1.10 bits per heavy atom. The van der Waals surface area contributed by atoms with Gasteiger partial charge in [-0.2, -0.15) is 13.2 Å². The van der Waals surface area contributed by atoms with Gasteiger partial charge in [-0.15, -0.1) is 20.4 Å². The average molecular weight is 644 g/mol. The van der Waals surface area contributed by atoms with Crippen molar-refractivity contribution in [1.29, 1.82) is 0 Å². The summed E-state index contributed by atoms with van der Waals surface area (Å²) in [5, 5.41) is 24.1. The number of amidine groups is 2. The SMILES string of the molecule is C/C(=N\N=C(c1ccccc1)c1ccccc1)NC(=Nc1ccc(C(F)(F)F)cc1)N/C(C)=N/N=C(c1ccccc1)c1ccccc1. The zero-order valence-electron chi connectivity index (χ0n) is 26.2. The maximum absolute atomic E-state index is 13.2. The third-order valence-electron chi connectivity index (χ3n) is 6.82. The first-order valence-corrected chi connectivity index (χ1v) is 15.0. The lowest BCUT2D eigenvalue weighted by Crippen LogP contribution is -2.42. The Morgan fingerprint density at radius 1 is 0.458 bits per heavy atom. The van der Waals surface area contributed by atoms with Crippen LogP contribution in [-0.4, -0.2) is 29.1 Å². The fourth-order valence-corrected chi connectivity index (χ4v) is 4.53. The smallest absolute Gasteiger partial charge is 0.313 e. The van der Waals surface area contributed by atoms with Crippen molar-refractivity contribution in [1.82, 2.24) is 10.6 Å². The zero-order chi connectivity index (χ0) is 33.8. The number of guanidine groups is 1. The highest BCUT2D eigenvalue weighted by Crippen LogP contribution is 2.30. The van der Waals surface area contributed by atoms with Crippen molar-refractivity contribution in [2.75, 3.05) is 0 Å². The lowest BCUT2D eigenvalue weighted by Gasteiger charge is -2.12. The first-order valence-electron chi connectivity index (χ1n) is 15.0. The highest BCUT2D eigenvalue weighted by atomic mass is 19.4. The number of aliphatic imine (C=N–C) groups is 1. The van der Waals surface area contributed by atoms with E-state index in [-0.39, 0.29) is 11.6 Å². The Kier molecular flexibility index (Phi) is 11.0. The molecule has 240 valence electrons. The number of benzene rings is 5. The predicted octanol–water partition coefficient (Wildman–Crippen LogP) is 8.61. The minimum atomic E-state index is -4.46. The van der Waals surface area contributed by atoms with Gasteiger partial charge in [-0.05, 0) is 38.1 Å². The van der Waals surface area contributed by atoms with Gasteiger partial charge in [-0.25, -0.2) is 4.99 Å². The molecular formula is C38H32F3N7. The van der Waals surface area contributed by atoms with Crippen LogP contribution < -0.4 is 10.6 Å². The summed E-state index contributed by atoms with van der Waals surface area (Å²) in [5.74, 6) is 0.885. The van der Waals surface area contributed by atoms with Gasteiger partial charge < -0.3 is 10.6 Å². The van der Waals surface area contributed by atoms with Crippen LogP contribution in [0.15, 0.2) is 171 Å². The third kappa shape index (κ3) is 9.43. The number of rotatable bonds is 7. The van der Waals surface area contributed by atoms with Gasteiger partial charge in [-0.3, -0.25) is 0 Å². The molecule has 0 saturated heterocycles. The van der Waals surface area contributed by atoms with Gasteiger partial charge >= 0.3 is 6.18 Å². The predicted molar refractivity (Wildman–Crippen MR) is 188 cm³/mol. The standard InChI is InChI=1S/C38H32F3N7/c1-27(45-47-35(29-15-7-3-8-16-29)30-17-9-4-10-18-30)42-37(44-34-25-23-33(24-26-34)38(39,40)41)43-28(2)46-48-36(31-19-11-5-12-20-31)32-21-13-6-14-22-32/h3-26H,1-2H3,(H2,42,43,44,45,46). The van der Waals surface area contributed by atoms with Gasteiger partial charge in [0, 0.05) is 22.3 Å². The molecule has 0 aliphatic carbocycles. The molecular weight excluding hydrogens is 611 g/mol. The molecule has 0 atom stereocenters. The molecule has 2 N–H and O–H groups in total. The van der Waals surface area contributed by atoms with E-state index in [2.05, 4.69) is 36.0 Å². The molecule has 0 bridgehead atoms. The lowest BCUT2D eigenvalue weighted by atomic mass is 10.0. The van der Waals surface area contributed by atoms with E-state index in [1.807, 2.05) is 121 Å². The van der Waals surface area contributed by atoms with Crippen LogP contribution in [0.5, 0.6) is 0 Å². The van der Waals surface area contributed by atoms with Crippen molar-refractivity contribution in [2.24, 2.45) is 25.4 Å². The first-order chi connectivity index (χ1) is 23.3. The van der Waals surface area contributed by atoms with E-state index >= 15 is 0 Å². The van der Waals surface area contributed by atoms with Gasteiger partial charge in [0.05, 0.1) is 11.3 Å². The molecule has 0 unspecified atom stereocenters. The van der Waals surface area contributed by atoms with Crippen LogP contribution >= 0.6 is 0 Å². The molecule has 10 heteroatoms. The van der Waals surface area contributed by atoms with E-state index in [0.29, 0.717) is 23.1 Å². The summed E-state index contributed by atoms with van der Waals surface area (Å²) in [6.07, 6.45) is -4.46. The Bertz CT molecular complexity index is 1740. The van der Waals surface area contributed by atoms with Crippen LogP contribution in [0.3, 0.4) is 0 Å². The fraction of sp³-hybridized carbons (Fsp3) is 0.0789. The summed E-state index contributed by atoms with van der Waals surface area (Å²) < 4.78 is 39.6. The zero-order valence-corrected chi connectivity index (χ0v) is 26.2. The summed E-state index contributed by atoms with van der Waals surface area (Å²) in [7, 11) is 0. The van der Waals surface area contributed by atoms with E-state index < -0.39 is 11.7 Å². The minimum Gasteiger partial charge on any atom is -0.313 e. The fourth-order valence-electron chi connectivity index (χ4n) is 4.53. The van der Waals surface area contributed by atoms with Gasteiger partial charge in [0.15, 0.2) is 0 Å². The van der Waals surface area contributed by atoms with E-state index in [9.17, 15) is 13.2 Å². The summed E-state index contributed by atoms with van der Waals surface area (Å²) in [6.45, 7) is 3.41. The Morgan fingerprint density at radius 2 is 0.792 bits per heavy atom. The van der Waals surface area contributed by atoms with Crippen LogP contribution in [-0.2, 0) is 6.18 Å². The van der Waals surface area contributed by atoms with Crippen LogP contribution in [0.4, 0.5) is 18.9 Å². The van der Waals surface area contributed by atoms with E-state index in [1.54, 1.807) is 13.8 Å². The van der Waals surface area contributed by atoms with Crippen molar-refractivity contribution >= 4 is 34.7 Å². The molecule has 0 aliphatic rings. The quantitative estimate of drug-likeness (QED) is 0.106. The molecule has 0 aliphatic heterocycles. The van der Waals surface area contributed by atoms with E-state index in [4.69, 9.17) is 0 Å². The number of nitrogens with zero attached hydrogens (tertiary/aromatic N) is 5. The molecule has 0 radical (unpaired) electrons. The highest BCUT2D eigenvalue weighted by molar-refractivity contribution is 6.14. The molecule has 0 saturated carbocycles. The van der Waals surface area contributed by atoms with Crippen molar-refractivity contribution in [2.45, 2.75) is 20.0 Å². The van der Waals surface area contributed by atoms with Crippen LogP contribution in [0.1, 0.15) is 41.7 Å². The lowest BCUT2D eigenvalue weighted by molar-refractivity contribution is -0.137. The summed E-state index contributed by atoms with van der Waals surface area (Å²) in [5.41, 5.74) is 4.34. The topological polar surface area (TPSA) is 85.9 Å². The number of hydrogen-bond donors (Lipinski definition) is 2. The van der Waals surface area contributed by atoms with Crippen LogP contribution in [0.25, 0.3) is 0 Å². The molecule has 0 heterocycles. The van der Waals surface area contributed by atoms with Crippen LogP contribution in [0.2, 0.25) is 0 Å². The maximum atomic E-state index is 13.2. The number of alkyl halides is 3. The van der Waals surface area contributed by atoms with Gasteiger partial charge in [0.25, 0.3) is 0 Å². The second-order valence-corrected chi connectivity index (χ2v) is 10.5. The minimum absolute atomic E-state index is 0.157. The molecule has 5 aromatic carbocycles. The normalized spacial score (nSPS) is 11.7. The van der Waals surface area contributed by atoms with Gasteiger partial charge in [-0.1, -0.05) is 121 Å². The molecule has 0 spiro atoms. The summed E-state index contributed by atoms with van der Waals surface area (Å²) in [4.78, 5) is 4.52. The van der Waals surface area contributed by atoms with E-state index in [0.717, 1.165) is 34.4 Å². The van der Waals surface area contributed by atoms with Gasteiger partial charge in [0.2, 0.25) is 5.96 Å². The summed E-state index contributed by atoms with van der Waals surface area (Å²) >= 11 is 0. The maximum Gasteiger partial charge on any atom is 0.416 e. The summed E-state index contributed by atoms with van der Waals surface area (Å²) in [6, 6.07) is 43.2. The van der Waals surface area contributed by atoms with Crippen molar-refractivity contribution in [3.63, 3.8) is 0 Å². The molecule has 5 aromatic rings. The second-order valence-electron chi connectivity index (χ2n) is 10.5. The number of nitrogens with one attached hydrogen (secondary N) is 2. The second kappa shape index (κ2) is 15.9. The molecule has 0 amide bonds. The molecule has 48 heavy (non-hydrogen) atoms.